The molecule has 0 fully saturated rings. The highest BCUT2D eigenvalue weighted by atomic mass is 14.8. The lowest BCUT2D eigenvalue weighted by Crippen LogP contribution is -2.11. The van der Waals surface area contributed by atoms with E-state index in [-0.39, 0.29) is 0 Å². The van der Waals surface area contributed by atoms with E-state index in [1.807, 2.05) is 0 Å². The highest BCUT2D eigenvalue weighted by molar-refractivity contribution is 5.22. The molecule has 1 N–H and O–H groups in total. The van der Waals surface area contributed by atoms with Crippen LogP contribution in [0.25, 0.3) is 0 Å². The molecule has 1 aromatic carbocycles. The summed E-state index contributed by atoms with van der Waals surface area (Å²) in [7, 11) is 0. The third-order valence-corrected chi connectivity index (χ3v) is 2.42. The van der Waals surface area contributed by atoms with E-state index in [0.29, 0.717) is 0 Å². The van der Waals surface area contributed by atoms with Crippen LogP contribution in [-0.2, 0) is 13.0 Å². The van der Waals surface area contributed by atoms with Crippen molar-refractivity contribution in [3.63, 3.8) is 0 Å². The van der Waals surface area contributed by atoms with Crippen LogP contribution in [0.3, 0.4) is 0 Å². The Bertz CT molecular complexity index is 211. The third kappa shape index (κ3) is 3.93. The second kappa shape index (κ2) is 6.61. The monoisotopic (exact) mass is 191 g/mol. The Kier molecular flexibility index (Phi) is 5.31. The smallest absolute Gasteiger partial charge is 0.0205 e. The van der Waals surface area contributed by atoms with Gasteiger partial charge in [-0.25, -0.2) is 0 Å². The first-order chi connectivity index (χ1) is 6.86. The molecule has 0 aromatic heterocycles. The molecule has 0 aliphatic heterocycles. The van der Waals surface area contributed by atoms with E-state index >= 15 is 0 Å². The van der Waals surface area contributed by atoms with Crippen molar-refractivity contribution in [2.24, 2.45) is 0 Å². The number of unbranched alkanes of at least 4 members (excludes halogenated alkanes) is 1. The van der Waals surface area contributed by atoms with Gasteiger partial charge in [0.05, 0.1) is 0 Å². The summed E-state index contributed by atoms with van der Waals surface area (Å²) in [5, 5.41) is 3.33. The Balaban J connectivity index is 2.42. The molecular formula is C13H21N. The summed E-state index contributed by atoms with van der Waals surface area (Å²) in [5.41, 5.74) is 2.85. The molecule has 78 valence electrons. The Morgan fingerprint density at radius 2 is 1.64 bits per heavy atom. The van der Waals surface area contributed by atoms with Gasteiger partial charge in [0.25, 0.3) is 0 Å². The topological polar surface area (TPSA) is 12.0 Å². The molecule has 0 aliphatic rings. The predicted molar refractivity (Wildman–Crippen MR) is 62.4 cm³/mol. The standard InChI is InChI=1S/C13H21N/c1-3-5-6-12-7-9-13(10-8-12)11-14-4-2/h7-10,14H,3-6,11H2,1-2H3. The van der Waals surface area contributed by atoms with Crippen LogP contribution in [0.4, 0.5) is 0 Å². The van der Waals surface area contributed by atoms with Crippen LogP contribution in [-0.4, -0.2) is 6.54 Å². The minimum Gasteiger partial charge on any atom is -0.313 e. The van der Waals surface area contributed by atoms with Gasteiger partial charge in [-0.2, -0.15) is 0 Å². The number of hydrogen-bond acceptors (Lipinski definition) is 1. The summed E-state index contributed by atoms with van der Waals surface area (Å²) in [6.07, 6.45) is 3.80. The lowest BCUT2D eigenvalue weighted by Gasteiger charge is -2.04. The molecular weight excluding hydrogens is 170 g/mol. The lowest BCUT2D eigenvalue weighted by atomic mass is 10.1. The number of rotatable bonds is 6. The second-order valence-electron chi connectivity index (χ2n) is 3.70. The molecule has 0 saturated heterocycles. The minimum atomic E-state index is 0.991. The van der Waals surface area contributed by atoms with Gasteiger partial charge in [-0.15, -0.1) is 0 Å². The van der Waals surface area contributed by atoms with Crippen LogP contribution >= 0.6 is 0 Å². The summed E-state index contributed by atoms with van der Waals surface area (Å²) in [6, 6.07) is 8.96. The van der Waals surface area contributed by atoms with Crippen LogP contribution < -0.4 is 5.32 Å². The van der Waals surface area contributed by atoms with Gasteiger partial charge < -0.3 is 5.32 Å². The van der Waals surface area contributed by atoms with Crippen molar-refractivity contribution in [1.29, 1.82) is 0 Å². The Morgan fingerprint density at radius 3 is 2.21 bits per heavy atom. The molecule has 1 nitrogen and oxygen atoms in total. The zero-order chi connectivity index (χ0) is 10.2. The fourth-order valence-electron chi connectivity index (χ4n) is 1.47. The van der Waals surface area contributed by atoms with Crippen molar-refractivity contribution in [3.05, 3.63) is 35.4 Å². The number of benzene rings is 1. The second-order valence-corrected chi connectivity index (χ2v) is 3.70. The maximum Gasteiger partial charge on any atom is 0.0205 e. The minimum absolute atomic E-state index is 0.991. The van der Waals surface area contributed by atoms with E-state index in [0.717, 1.165) is 13.1 Å². The Labute approximate surface area is 87.5 Å². The Morgan fingerprint density at radius 1 is 1.00 bits per heavy atom. The first kappa shape index (κ1) is 11.3. The molecule has 14 heavy (non-hydrogen) atoms. The van der Waals surface area contributed by atoms with Crippen LogP contribution in [0, 0.1) is 0 Å². The van der Waals surface area contributed by atoms with Gasteiger partial charge in [0.1, 0.15) is 0 Å². The molecule has 1 aromatic rings. The van der Waals surface area contributed by atoms with Crippen molar-refractivity contribution < 1.29 is 0 Å². The number of hydrogen-bond donors (Lipinski definition) is 1. The fraction of sp³-hybridized carbons (Fsp3) is 0.538. The average Bonchev–Trinajstić information content (AvgIpc) is 2.25. The molecule has 0 bridgehead atoms. The van der Waals surface area contributed by atoms with Crippen LogP contribution in [0.2, 0.25) is 0 Å². The zero-order valence-corrected chi connectivity index (χ0v) is 9.34. The van der Waals surface area contributed by atoms with Crippen LogP contribution in [0.15, 0.2) is 24.3 Å². The number of aryl methyl sites for hydroxylation is 1. The summed E-state index contributed by atoms with van der Waals surface area (Å²) < 4.78 is 0. The third-order valence-electron chi connectivity index (χ3n) is 2.42. The molecule has 0 unspecified atom stereocenters. The summed E-state index contributed by atoms with van der Waals surface area (Å²) in [4.78, 5) is 0. The first-order valence-electron chi connectivity index (χ1n) is 5.65. The maximum absolute atomic E-state index is 3.33. The maximum atomic E-state index is 3.33. The molecule has 0 radical (unpaired) electrons. The van der Waals surface area contributed by atoms with Crippen LogP contribution in [0.5, 0.6) is 0 Å². The first-order valence-corrected chi connectivity index (χ1v) is 5.65. The van der Waals surface area contributed by atoms with E-state index in [2.05, 4.69) is 43.4 Å². The van der Waals surface area contributed by atoms with Gasteiger partial charge in [0.15, 0.2) is 0 Å². The van der Waals surface area contributed by atoms with E-state index in [1.165, 1.54) is 30.4 Å². The van der Waals surface area contributed by atoms with Crippen LogP contribution in [0.1, 0.15) is 37.8 Å². The molecule has 0 saturated carbocycles. The SMILES string of the molecule is CCCCc1ccc(CNCC)cc1. The lowest BCUT2D eigenvalue weighted by molar-refractivity contribution is 0.726. The molecule has 0 heterocycles. The van der Waals surface area contributed by atoms with Crippen molar-refractivity contribution in [2.75, 3.05) is 6.54 Å². The summed E-state index contributed by atoms with van der Waals surface area (Å²) in [6.45, 7) is 6.40. The summed E-state index contributed by atoms with van der Waals surface area (Å²) in [5.74, 6) is 0. The van der Waals surface area contributed by atoms with Gasteiger partial charge in [-0.05, 0) is 30.5 Å². The van der Waals surface area contributed by atoms with Crippen molar-refractivity contribution in [2.45, 2.75) is 39.7 Å². The largest absolute Gasteiger partial charge is 0.313 e. The predicted octanol–water partition coefficient (Wildman–Crippen LogP) is 3.14. The van der Waals surface area contributed by atoms with Gasteiger partial charge in [0, 0.05) is 6.54 Å². The van der Waals surface area contributed by atoms with Gasteiger partial charge in [0.2, 0.25) is 0 Å². The average molecular weight is 191 g/mol. The highest BCUT2D eigenvalue weighted by Gasteiger charge is 1.93. The van der Waals surface area contributed by atoms with E-state index in [9.17, 15) is 0 Å². The molecule has 1 rings (SSSR count). The van der Waals surface area contributed by atoms with E-state index < -0.39 is 0 Å². The van der Waals surface area contributed by atoms with Gasteiger partial charge in [-0.1, -0.05) is 44.5 Å². The van der Waals surface area contributed by atoms with Crippen molar-refractivity contribution >= 4 is 0 Å². The van der Waals surface area contributed by atoms with Crippen molar-refractivity contribution in [1.82, 2.24) is 5.32 Å². The number of nitrogens with one attached hydrogen (secondary N) is 1. The molecule has 1 heteroatoms. The van der Waals surface area contributed by atoms with E-state index in [1.54, 1.807) is 0 Å². The normalized spacial score (nSPS) is 10.4. The van der Waals surface area contributed by atoms with Gasteiger partial charge >= 0.3 is 0 Å². The molecule has 0 spiro atoms. The zero-order valence-electron chi connectivity index (χ0n) is 9.34. The quantitative estimate of drug-likeness (QED) is 0.728. The highest BCUT2D eigenvalue weighted by Crippen LogP contribution is 2.07. The van der Waals surface area contributed by atoms with Gasteiger partial charge in [-0.3, -0.25) is 0 Å². The molecule has 0 atom stereocenters. The molecule has 0 aliphatic carbocycles. The van der Waals surface area contributed by atoms with E-state index in [4.69, 9.17) is 0 Å². The van der Waals surface area contributed by atoms with Crippen molar-refractivity contribution in [3.8, 4) is 0 Å². The molecule has 0 amide bonds. The summed E-state index contributed by atoms with van der Waals surface area (Å²) >= 11 is 0. The Hall–Kier alpha value is -0.820. The fourth-order valence-corrected chi connectivity index (χ4v) is 1.47.